The van der Waals surface area contributed by atoms with Gasteiger partial charge in [-0.15, -0.1) is 6.58 Å². The van der Waals surface area contributed by atoms with E-state index in [1.807, 2.05) is 19.9 Å². The number of rotatable bonds is 5. The van der Waals surface area contributed by atoms with Gasteiger partial charge in [-0.05, 0) is 57.4 Å². The summed E-state index contributed by atoms with van der Waals surface area (Å²) in [6.45, 7) is 20.5. The summed E-state index contributed by atoms with van der Waals surface area (Å²) in [6.07, 6.45) is 13.8. The Balaban J connectivity index is 0. The van der Waals surface area contributed by atoms with Gasteiger partial charge in [0.05, 0.1) is 0 Å². The highest BCUT2D eigenvalue weighted by molar-refractivity contribution is 5.33. The highest BCUT2D eigenvalue weighted by Crippen LogP contribution is 2.26. The van der Waals surface area contributed by atoms with E-state index in [0.29, 0.717) is 0 Å². The third-order valence-electron chi connectivity index (χ3n) is 3.71. The normalized spacial score (nSPS) is 15.8. The SMILES string of the molecule is C=C1CCCC(C)=C1C.C=CC/C=C\C(C)CCC.CC. The molecule has 0 aromatic heterocycles. The zero-order valence-electron chi connectivity index (χ0n) is 15.5. The minimum atomic E-state index is 0.741. The predicted octanol–water partition coefficient (Wildman–Crippen LogP) is 7.64. The summed E-state index contributed by atoms with van der Waals surface area (Å²) in [5.41, 5.74) is 4.33. The zero-order valence-corrected chi connectivity index (χ0v) is 15.5. The first-order chi connectivity index (χ1) is 10.0. The molecule has 0 saturated carbocycles. The van der Waals surface area contributed by atoms with Crippen molar-refractivity contribution in [3.8, 4) is 0 Å². The molecule has 0 aromatic rings. The van der Waals surface area contributed by atoms with Gasteiger partial charge in [0.1, 0.15) is 0 Å². The molecule has 21 heavy (non-hydrogen) atoms. The summed E-state index contributed by atoms with van der Waals surface area (Å²) in [5.74, 6) is 0.741. The second-order valence-electron chi connectivity index (χ2n) is 5.58. The van der Waals surface area contributed by atoms with Crippen LogP contribution in [-0.4, -0.2) is 0 Å². The monoisotopic (exact) mass is 290 g/mol. The van der Waals surface area contributed by atoms with Gasteiger partial charge in [-0.3, -0.25) is 0 Å². The molecule has 0 nitrogen and oxygen atoms in total. The Morgan fingerprint density at radius 3 is 2.24 bits per heavy atom. The van der Waals surface area contributed by atoms with Crippen molar-refractivity contribution in [2.45, 2.75) is 80.1 Å². The van der Waals surface area contributed by atoms with E-state index in [0.717, 1.165) is 12.3 Å². The van der Waals surface area contributed by atoms with Crippen LogP contribution in [-0.2, 0) is 0 Å². The van der Waals surface area contributed by atoms with Crippen molar-refractivity contribution in [3.05, 3.63) is 48.1 Å². The molecule has 0 saturated heterocycles. The van der Waals surface area contributed by atoms with Crippen LogP contribution in [0.15, 0.2) is 48.1 Å². The molecule has 0 amide bonds. The van der Waals surface area contributed by atoms with Crippen LogP contribution in [0.2, 0.25) is 0 Å². The minimum absolute atomic E-state index is 0.741. The van der Waals surface area contributed by atoms with E-state index in [-0.39, 0.29) is 0 Å². The molecule has 1 aliphatic rings. The average molecular weight is 291 g/mol. The lowest BCUT2D eigenvalue weighted by molar-refractivity contribution is 0.633. The van der Waals surface area contributed by atoms with Crippen molar-refractivity contribution in [3.63, 3.8) is 0 Å². The Labute approximate surface area is 134 Å². The zero-order chi connectivity index (χ0) is 16.7. The average Bonchev–Trinajstić information content (AvgIpc) is 2.48. The molecule has 0 heteroatoms. The van der Waals surface area contributed by atoms with Crippen LogP contribution in [0.3, 0.4) is 0 Å². The molecule has 0 bridgehead atoms. The van der Waals surface area contributed by atoms with Gasteiger partial charge in [-0.2, -0.15) is 0 Å². The molecule has 1 unspecified atom stereocenters. The fourth-order valence-corrected chi connectivity index (χ4v) is 2.20. The number of hydrogen-bond acceptors (Lipinski definition) is 0. The lowest BCUT2D eigenvalue weighted by Crippen LogP contribution is -1.96. The quantitative estimate of drug-likeness (QED) is 0.456. The topological polar surface area (TPSA) is 0 Å². The van der Waals surface area contributed by atoms with E-state index >= 15 is 0 Å². The van der Waals surface area contributed by atoms with Gasteiger partial charge in [-0.1, -0.05) is 70.1 Å². The first-order valence-electron chi connectivity index (χ1n) is 8.64. The van der Waals surface area contributed by atoms with E-state index in [4.69, 9.17) is 0 Å². The van der Waals surface area contributed by atoms with Crippen LogP contribution in [0.4, 0.5) is 0 Å². The molecule has 1 rings (SSSR count). The maximum absolute atomic E-state index is 3.99. The van der Waals surface area contributed by atoms with Gasteiger partial charge in [0.2, 0.25) is 0 Å². The molecule has 1 aliphatic carbocycles. The molecule has 0 spiro atoms. The van der Waals surface area contributed by atoms with Gasteiger partial charge < -0.3 is 0 Å². The van der Waals surface area contributed by atoms with Gasteiger partial charge in [-0.25, -0.2) is 0 Å². The lowest BCUT2D eigenvalue weighted by Gasteiger charge is -2.16. The van der Waals surface area contributed by atoms with Crippen LogP contribution < -0.4 is 0 Å². The Bertz CT molecular complexity index is 328. The third kappa shape index (κ3) is 12.4. The first-order valence-corrected chi connectivity index (χ1v) is 8.64. The van der Waals surface area contributed by atoms with Crippen LogP contribution in [0, 0.1) is 5.92 Å². The molecule has 122 valence electrons. The van der Waals surface area contributed by atoms with E-state index in [2.05, 4.69) is 53.0 Å². The minimum Gasteiger partial charge on any atom is -0.103 e. The Kier molecular flexibility index (Phi) is 16.3. The maximum Gasteiger partial charge on any atom is -0.0172 e. The molecule has 0 fully saturated rings. The fourth-order valence-electron chi connectivity index (χ4n) is 2.20. The van der Waals surface area contributed by atoms with E-state index < -0.39 is 0 Å². The Morgan fingerprint density at radius 2 is 1.81 bits per heavy atom. The largest absolute Gasteiger partial charge is 0.103 e. The van der Waals surface area contributed by atoms with Crippen molar-refractivity contribution < 1.29 is 0 Å². The molecule has 0 N–H and O–H groups in total. The van der Waals surface area contributed by atoms with E-state index in [1.165, 1.54) is 48.8 Å². The molecule has 0 aliphatic heterocycles. The summed E-state index contributed by atoms with van der Waals surface area (Å²) in [5, 5.41) is 0. The summed E-state index contributed by atoms with van der Waals surface area (Å²) < 4.78 is 0. The first kappa shape index (κ1) is 22.2. The molecule has 0 heterocycles. The van der Waals surface area contributed by atoms with E-state index in [9.17, 15) is 0 Å². The summed E-state index contributed by atoms with van der Waals surface area (Å²) >= 11 is 0. The van der Waals surface area contributed by atoms with Gasteiger partial charge in [0.15, 0.2) is 0 Å². The highest BCUT2D eigenvalue weighted by atomic mass is 14.1. The molecular weight excluding hydrogens is 252 g/mol. The molecule has 0 aromatic carbocycles. The maximum atomic E-state index is 3.99. The second kappa shape index (κ2) is 15.4. The smallest absolute Gasteiger partial charge is 0.0172 e. The van der Waals surface area contributed by atoms with Crippen molar-refractivity contribution in [2.75, 3.05) is 0 Å². The third-order valence-corrected chi connectivity index (χ3v) is 3.71. The summed E-state index contributed by atoms with van der Waals surface area (Å²) in [7, 11) is 0. The van der Waals surface area contributed by atoms with Gasteiger partial charge in [0.25, 0.3) is 0 Å². The van der Waals surface area contributed by atoms with Crippen molar-refractivity contribution >= 4 is 0 Å². The van der Waals surface area contributed by atoms with Crippen molar-refractivity contribution in [1.82, 2.24) is 0 Å². The van der Waals surface area contributed by atoms with Gasteiger partial charge in [0, 0.05) is 0 Å². The Hall–Kier alpha value is -1.04. The standard InChI is InChI=1S/C10H18.C9H14.C2H6/c1-4-6-7-9-10(3)8-5-2;1-7-5-4-6-8(2)9(7)3;1-2/h4,7,9-10H,1,5-6,8H2,2-3H3;1,4-6H2,2-3H3;1-2H3/b9-7-;;. The lowest BCUT2D eigenvalue weighted by atomic mass is 9.90. The molecular formula is C21H38. The molecule has 0 radical (unpaired) electrons. The van der Waals surface area contributed by atoms with Crippen LogP contribution in [0.25, 0.3) is 0 Å². The van der Waals surface area contributed by atoms with Crippen LogP contribution in [0.5, 0.6) is 0 Å². The molecule has 1 atom stereocenters. The van der Waals surface area contributed by atoms with Crippen LogP contribution >= 0.6 is 0 Å². The Morgan fingerprint density at radius 1 is 1.19 bits per heavy atom. The highest BCUT2D eigenvalue weighted by Gasteiger charge is 2.07. The number of allylic oxidation sites excluding steroid dienone is 6. The summed E-state index contributed by atoms with van der Waals surface area (Å²) in [4.78, 5) is 0. The van der Waals surface area contributed by atoms with E-state index in [1.54, 1.807) is 0 Å². The number of hydrogen-bond donors (Lipinski definition) is 0. The van der Waals surface area contributed by atoms with Crippen molar-refractivity contribution in [1.29, 1.82) is 0 Å². The van der Waals surface area contributed by atoms with Crippen molar-refractivity contribution in [2.24, 2.45) is 5.92 Å². The van der Waals surface area contributed by atoms with Crippen LogP contribution in [0.1, 0.15) is 80.1 Å². The predicted molar refractivity (Wildman–Crippen MR) is 101 cm³/mol. The van der Waals surface area contributed by atoms with Gasteiger partial charge >= 0.3 is 0 Å². The fraction of sp³-hybridized carbons (Fsp3) is 0.619. The second-order valence-corrected chi connectivity index (χ2v) is 5.58. The summed E-state index contributed by atoms with van der Waals surface area (Å²) in [6, 6.07) is 0.